The smallest absolute Gasteiger partial charge is 0.368 e. The first-order valence-corrected chi connectivity index (χ1v) is 12.1. The van der Waals surface area contributed by atoms with Gasteiger partial charge in [-0.25, -0.2) is 4.68 Å². The molecule has 1 fully saturated rings. The zero-order valence-corrected chi connectivity index (χ0v) is 21.0. The van der Waals surface area contributed by atoms with E-state index < -0.39 is 11.7 Å². The molecule has 0 radical (unpaired) electrons. The summed E-state index contributed by atoms with van der Waals surface area (Å²) in [7, 11) is 1.93. The van der Waals surface area contributed by atoms with Crippen molar-refractivity contribution in [2.45, 2.75) is 20.0 Å². The van der Waals surface area contributed by atoms with E-state index in [1.54, 1.807) is 15.6 Å². The topological polar surface area (TPSA) is 46.3 Å². The van der Waals surface area contributed by atoms with Gasteiger partial charge in [-0.15, -0.1) is 0 Å². The summed E-state index contributed by atoms with van der Waals surface area (Å²) < 4.78 is 43.2. The molecule has 6 nitrogen and oxygen atoms in total. The molecule has 1 amide bonds. The minimum Gasteiger partial charge on any atom is -0.368 e. The lowest BCUT2D eigenvalue weighted by Gasteiger charge is -2.36. The minimum atomic E-state index is -4.39. The Morgan fingerprint density at radius 1 is 0.919 bits per heavy atom. The fraction of sp³-hybridized carbons (Fsp3) is 0.286. The molecule has 1 saturated heterocycles. The van der Waals surface area contributed by atoms with Crippen LogP contribution in [0.5, 0.6) is 0 Å². The summed E-state index contributed by atoms with van der Waals surface area (Å²) in [6, 6.07) is 17.1. The van der Waals surface area contributed by atoms with Crippen LogP contribution in [0.25, 0.3) is 17.1 Å². The van der Waals surface area contributed by atoms with Crippen molar-refractivity contribution in [3.8, 4) is 17.1 Å². The van der Waals surface area contributed by atoms with E-state index in [4.69, 9.17) is 5.10 Å². The van der Waals surface area contributed by atoms with Gasteiger partial charge in [-0.1, -0.05) is 18.2 Å². The van der Waals surface area contributed by atoms with Crippen molar-refractivity contribution in [3.63, 3.8) is 0 Å². The molecule has 0 unspecified atom stereocenters. The molecule has 4 aromatic rings. The number of anilines is 1. The van der Waals surface area contributed by atoms with Gasteiger partial charge in [0, 0.05) is 45.1 Å². The molecular formula is C28H28F3N5O. The monoisotopic (exact) mass is 507 g/mol. The molecule has 0 aliphatic carbocycles. The van der Waals surface area contributed by atoms with E-state index in [0.29, 0.717) is 43.3 Å². The molecule has 37 heavy (non-hydrogen) atoms. The van der Waals surface area contributed by atoms with E-state index in [1.807, 2.05) is 73.0 Å². The van der Waals surface area contributed by atoms with Crippen LogP contribution in [0.2, 0.25) is 0 Å². The maximum atomic E-state index is 13.8. The summed E-state index contributed by atoms with van der Waals surface area (Å²) in [5.41, 5.74) is 4.78. The first-order chi connectivity index (χ1) is 17.6. The third-order valence-electron chi connectivity index (χ3n) is 6.83. The molecule has 3 heterocycles. The van der Waals surface area contributed by atoms with E-state index >= 15 is 0 Å². The molecule has 0 spiro atoms. The molecular weight excluding hydrogens is 479 g/mol. The van der Waals surface area contributed by atoms with Gasteiger partial charge in [0.2, 0.25) is 0 Å². The number of carbonyl (C=O) groups is 1. The molecule has 2 aromatic carbocycles. The fourth-order valence-electron chi connectivity index (χ4n) is 4.73. The molecule has 0 atom stereocenters. The van der Waals surface area contributed by atoms with Gasteiger partial charge in [0.15, 0.2) is 0 Å². The number of hydrogen-bond acceptors (Lipinski definition) is 3. The third-order valence-corrected chi connectivity index (χ3v) is 6.83. The number of halogens is 3. The van der Waals surface area contributed by atoms with E-state index in [0.717, 1.165) is 28.6 Å². The van der Waals surface area contributed by atoms with Crippen LogP contribution in [0.15, 0.2) is 66.9 Å². The van der Waals surface area contributed by atoms with Gasteiger partial charge in [-0.05, 0) is 67.4 Å². The van der Waals surface area contributed by atoms with E-state index in [1.165, 1.54) is 12.1 Å². The number of hydrogen-bond donors (Lipinski definition) is 0. The number of aryl methyl sites for hydroxylation is 3. The van der Waals surface area contributed by atoms with Crippen molar-refractivity contribution in [1.82, 2.24) is 19.2 Å². The molecule has 0 bridgehead atoms. The van der Waals surface area contributed by atoms with E-state index in [2.05, 4.69) is 0 Å². The average molecular weight is 508 g/mol. The van der Waals surface area contributed by atoms with Gasteiger partial charge in [0.05, 0.1) is 16.9 Å². The zero-order valence-electron chi connectivity index (χ0n) is 21.0. The third kappa shape index (κ3) is 4.85. The van der Waals surface area contributed by atoms with Crippen LogP contribution in [0, 0.1) is 13.8 Å². The van der Waals surface area contributed by atoms with Crippen LogP contribution in [0.3, 0.4) is 0 Å². The van der Waals surface area contributed by atoms with Crippen LogP contribution in [-0.2, 0) is 13.2 Å². The second-order valence-electron chi connectivity index (χ2n) is 9.45. The molecule has 1 aliphatic heterocycles. The van der Waals surface area contributed by atoms with Crippen LogP contribution in [0.4, 0.5) is 18.9 Å². The SMILES string of the molecule is Cc1ccc(C)c(-n2nc(-c3cccn3C)cc2C(=O)N2CCN(c3cccc(C(F)(F)F)c3)CC2)c1. The van der Waals surface area contributed by atoms with Gasteiger partial charge < -0.3 is 14.4 Å². The molecule has 2 aromatic heterocycles. The number of nitrogens with zero attached hydrogens (tertiary/aromatic N) is 5. The Hall–Kier alpha value is -4.01. The lowest BCUT2D eigenvalue weighted by Crippen LogP contribution is -2.49. The lowest BCUT2D eigenvalue weighted by molar-refractivity contribution is -0.137. The van der Waals surface area contributed by atoms with Gasteiger partial charge in [0.25, 0.3) is 5.91 Å². The minimum absolute atomic E-state index is 0.155. The van der Waals surface area contributed by atoms with Crippen LogP contribution in [0.1, 0.15) is 27.2 Å². The predicted molar refractivity (Wildman–Crippen MR) is 137 cm³/mol. The Labute approximate surface area is 213 Å². The Morgan fingerprint density at radius 2 is 1.68 bits per heavy atom. The van der Waals surface area contributed by atoms with Crippen molar-refractivity contribution in [3.05, 3.63) is 89.2 Å². The summed E-state index contributed by atoms with van der Waals surface area (Å²) in [4.78, 5) is 17.4. The number of amides is 1. The Kier molecular flexibility index (Phi) is 6.31. The second-order valence-corrected chi connectivity index (χ2v) is 9.45. The molecule has 9 heteroatoms. The zero-order chi connectivity index (χ0) is 26.3. The van der Waals surface area contributed by atoms with Gasteiger partial charge in [-0.2, -0.15) is 18.3 Å². The Morgan fingerprint density at radius 3 is 2.35 bits per heavy atom. The lowest BCUT2D eigenvalue weighted by atomic mass is 10.1. The van der Waals surface area contributed by atoms with Gasteiger partial charge in [-0.3, -0.25) is 4.79 Å². The largest absolute Gasteiger partial charge is 0.416 e. The summed E-state index contributed by atoms with van der Waals surface area (Å²) in [5, 5.41) is 4.83. The van der Waals surface area contributed by atoms with Crippen molar-refractivity contribution in [2.75, 3.05) is 31.1 Å². The highest BCUT2D eigenvalue weighted by Crippen LogP contribution is 2.32. The van der Waals surface area contributed by atoms with E-state index in [9.17, 15) is 18.0 Å². The van der Waals surface area contributed by atoms with Crippen LogP contribution < -0.4 is 4.90 Å². The quantitative estimate of drug-likeness (QED) is 0.368. The molecule has 192 valence electrons. The highest BCUT2D eigenvalue weighted by Gasteiger charge is 2.32. The Bertz CT molecular complexity index is 1440. The van der Waals surface area contributed by atoms with Crippen molar-refractivity contribution in [2.24, 2.45) is 7.05 Å². The highest BCUT2D eigenvalue weighted by atomic mass is 19.4. The average Bonchev–Trinajstić information content (AvgIpc) is 3.51. The predicted octanol–water partition coefficient (Wildman–Crippen LogP) is 5.48. The maximum absolute atomic E-state index is 13.8. The molecule has 1 aliphatic rings. The molecule has 0 saturated carbocycles. The van der Waals surface area contributed by atoms with Crippen molar-refractivity contribution < 1.29 is 18.0 Å². The first-order valence-electron chi connectivity index (χ1n) is 12.1. The number of alkyl halides is 3. The van der Waals surface area contributed by atoms with Crippen LogP contribution >= 0.6 is 0 Å². The van der Waals surface area contributed by atoms with Gasteiger partial charge in [0.1, 0.15) is 11.4 Å². The summed E-state index contributed by atoms with van der Waals surface area (Å²) in [5.74, 6) is -0.155. The standard InChI is InChI=1S/C28H28F3N5O/c1-19-9-10-20(2)25(16-19)36-26(18-23(32-36)24-8-5-11-33(24)3)27(37)35-14-12-34(13-15-35)22-7-4-6-21(17-22)28(29,30)31/h4-11,16-18H,12-15H2,1-3H3. The van der Waals surface area contributed by atoms with Crippen molar-refractivity contribution >= 4 is 11.6 Å². The van der Waals surface area contributed by atoms with Crippen molar-refractivity contribution in [1.29, 1.82) is 0 Å². The number of rotatable bonds is 4. The molecule has 0 N–H and O–H groups in total. The second kappa shape index (κ2) is 9.46. The first kappa shape index (κ1) is 24.7. The van der Waals surface area contributed by atoms with Crippen LogP contribution in [-0.4, -0.2) is 51.3 Å². The number of piperazine rings is 1. The maximum Gasteiger partial charge on any atom is 0.416 e. The van der Waals surface area contributed by atoms with E-state index in [-0.39, 0.29) is 5.91 Å². The summed E-state index contributed by atoms with van der Waals surface area (Å²) >= 11 is 0. The highest BCUT2D eigenvalue weighted by molar-refractivity contribution is 5.94. The Balaban J connectivity index is 1.43. The summed E-state index contributed by atoms with van der Waals surface area (Å²) in [6.07, 6.45) is -2.46. The van der Waals surface area contributed by atoms with Gasteiger partial charge >= 0.3 is 6.18 Å². The number of carbonyl (C=O) groups excluding carboxylic acids is 1. The molecule has 5 rings (SSSR count). The summed E-state index contributed by atoms with van der Waals surface area (Å²) in [6.45, 7) is 5.66. The number of aromatic nitrogens is 3. The number of benzene rings is 2. The normalized spacial score (nSPS) is 14.3. The fourth-order valence-corrected chi connectivity index (χ4v) is 4.73.